The average Bonchev–Trinajstić information content (AvgIpc) is 2.25. The van der Waals surface area contributed by atoms with E-state index in [-0.39, 0.29) is 5.91 Å². The van der Waals surface area contributed by atoms with E-state index >= 15 is 0 Å². The molecule has 1 amide bonds. The monoisotopic (exact) mass is 235 g/mol. The number of nitrogens with one attached hydrogen (secondary N) is 1. The highest BCUT2D eigenvalue weighted by molar-refractivity contribution is 5.99. The number of quaternary nitrogens is 1. The minimum absolute atomic E-state index is 0.0918. The van der Waals surface area contributed by atoms with Gasteiger partial charge in [0, 0.05) is 18.0 Å². The van der Waals surface area contributed by atoms with Gasteiger partial charge < -0.3 is 4.48 Å². The summed E-state index contributed by atoms with van der Waals surface area (Å²) in [6.07, 6.45) is 3.39. The number of hydrogen-bond donors (Lipinski definition) is 1. The van der Waals surface area contributed by atoms with Crippen LogP contribution in [0.4, 0.5) is 0 Å². The van der Waals surface area contributed by atoms with Crippen LogP contribution in [0.15, 0.2) is 29.6 Å². The first-order chi connectivity index (χ1) is 7.88. The highest BCUT2D eigenvalue weighted by Crippen LogP contribution is 1.98. The lowest BCUT2D eigenvalue weighted by molar-refractivity contribution is -0.862. The fourth-order valence-electron chi connectivity index (χ4n) is 1.27. The summed E-state index contributed by atoms with van der Waals surface area (Å²) in [6, 6.07) is 3.70. The molecule has 0 aliphatic heterocycles. The van der Waals surface area contributed by atoms with Crippen molar-refractivity contribution in [1.82, 2.24) is 10.4 Å². The first-order valence-electron chi connectivity index (χ1n) is 5.42. The van der Waals surface area contributed by atoms with Gasteiger partial charge in [-0.25, -0.2) is 5.43 Å². The number of hydrazone groups is 1. The molecule has 0 aromatic carbocycles. The first kappa shape index (κ1) is 13.3. The third-order valence-corrected chi connectivity index (χ3v) is 2.06. The molecular weight excluding hydrogens is 216 g/mol. The number of pyridine rings is 1. The van der Waals surface area contributed by atoms with Gasteiger partial charge in [0.25, 0.3) is 5.91 Å². The molecule has 1 N–H and O–H groups in total. The summed E-state index contributed by atoms with van der Waals surface area (Å²) in [4.78, 5) is 15.5. The van der Waals surface area contributed by atoms with Crippen LogP contribution in [0.3, 0.4) is 0 Å². The van der Waals surface area contributed by atoms with E-state index in [9.17, 15) is 4.79 Å². The van der Waals surface area contributed by atoms with Crippen LogP contribution < -0.4 is 5.43 Å². The van der Waals surface area contributed by atoms with Crippen molar-refractivity contribution in [2.75, 3.05) is 27.7 Å². The minimum Gasteiger partial charge on any atom is -0.323 e. The summed E-state index contributed by atoms with van der Waals surface area (Å²) < 4.78 is 0.579. The van der Waals surface area contributed by atoms with Gasteiger partial charge in [-0.2, -0.15) is 5.10 Å². The second-order valence-electron chi connectivity index (χ2n) is 4.92. The Hall–Kier alpha value is -1.75. The van der Waals surface area contributed by atoms with E-state index in [1.165, 1.54) is 0 Å². The zero-order valence-electron chi connectivity index (χ0n) is 10.8. The minimum atomic E-state index is -0.0918. The van der Waals surface area contributed by atoms with Gasteiger partial charge in [0.15, 0.2) is 6.54 Å². The van der Waals surface area contributed by atoms with Crippen molar-refractivity contribution in [3.8, 4) is 0 Å². The van der Waals surface area contributed by atoms with Crippen LogP contribution in [0.1, 0.15) is 12.5 Å². The Morgan fingerprint density at radius 1 is 1.35 bits per heavy atom. The number of nitrogens with zero attached hydrogens (tertiary/aromatic N) is 3. The molecule has 1 heterocycles. The van der Waals surface area contributed by atoms with Crippen LogP contribution in [0.2, 0.25) is 0 Å². The van der Waals surface area contributed by atoms with E-state index in [0.717, 1.165) is 11.3 Å². The molecule has 0 aliphatic rings. The van der Waals surface area contributed by atoms with Gasteiger partial charge in [-0.1, -0.05) is 0 Å². The van der Waals surface area contributed by atoms with E-state index in [1.807, 2.05) is 40.2 Å². The first-order valence-corrected chi connectivity index (χ1v) is 5.42. The number of carbonyl (C=O) groups excluding carboxylic acids is 1. The molecule has 0 bridgehead atoms. The van der Waals surface area contributed by atoms with Crippen molar-refractivity contribution in [3.63, 3.8) is 0 Å². The molecule has 0 atom stereocenters. The van der Waals surface area contributed by atoms with Crippen molar-refractivity contribution in [1.29, 1.82) is 0 Å². The summed E-state index contributed by atoms with van der Waals surface area (Å²) in [6.45, 7) is 2.24. The van der Waals surface area contributed by atoms with Crippen LogP contribution in [0, 0.1) is 0 Å². The summed E-state index contributed by atoms with van der Waals surface area (Å²) in [5, 5.41) is 4.06. The molecule has 0 unspecified atom stereocenters. The Bertz CT molecular complexity index is 406. The molecule has 1 aromatic heterocycles. The lowest BCUT2D eigenvalue weighted by atomic mass is 10.2. The van der Waals surface area contributed by atoms with Crippen LogP contribution in [-0.4, -0.2) is 48.8 Å². The summed E-state index contributed by atoms with van der Waals surface area (Å²) in [7, 11) is 5.87. The van der Waals surface area contributed by atoms with Crippen molar-refractivity contribution in [3.05, 3.63) is 30.1 Å². The number of hydrogen-bond acceptors (Lipinski definition) is 3. The van der Waals surface area contributed by atoms with Crippen LogP contribution in [-0.2, 0) is 4.79 Å². The van der Waals surface area contributed by atoms with Gasteiger partial charge in [0.05, 0.1) is 26.9 Å². The number of aromatic nitrogens is 1. The highest BCUT2D eigenvalue weighted by Gasteiger charge is 2.13. The largest absolute Gasteiger partial charge is 0.323 e. The lowest BCUT2D eigenvalue weighted by Crippen LogP contribution is -2.43. The van der Waals surface area contributed by atoms with Gasteiger partial charge in [-0.15, -0.1) is 0 Å². The molecule has 0 fully saturated rings. The van der Waals surface area contributed by atoms with Gasteiger partial charge in [0.2, 0.25) is 0 Å². The number of likely N-dealkylation sites (N-methyl/N-ethyl adjacent to an activating group) is 1. The zero-order valence-corrected chi connectivity index (χ0v) is 10.8. The zero-order chi connectivity index (χ0) is 12.9. The maximum Gasteiger partial charge on any atom is 0.295 e. The van der Waals surface area contributed by atoms with Crippen LogP contribution in [0.25, 0.3) is 0 Å². The van der Waals surface area contributed by atoms with Crippen molar-refractivity contribution < 1.29 is 9.28 Å². The molecule has 0 saturated heterocycles. The Kier molecular flexibility index (Phi) is 4.34. The molecule has 1 aromatic rings. The molecule has 0 radical (unpaired) electrons. The van der Waals surface area contributed by atoms with E-state index in [1.54, 1.807) is 12.4 Å². The predicted octanol–water partition coefficient (Wildman–Crippen LogP) is 0.628. The average molecular weight is 235 g/mol. The van der Waals surface area contributed by atoms with Gasteiger partial charge in [-0.05, 0) is 19.1 Å². The summed E-state index contributed by atoms with van der Waals surface area (Å²) >= 11 is 0. The van der Waals surface area contributed by atoms with Gasteiger partial charge in [-0.3, -0.25) is 9.78 Å². The predicted molar refractivity (Wildman–Crippen MR) is 67.5 cm³/mol. The van der Waals surface area contributed by atoms with Gasteiger partial charge in [0.1, 0.15) is 0 Å². The standard InChI is InChI=1S/C12H18N4O/c1-10(11-5-7-13-8-6-11)14-15-12(17)9-16(2,3)4/h5-8H,9H2,1-4H3/p+1. The fraction of sp³-hybridized carbons (Fsp3) is 0.417. The Labute approximate surface area is 102 Å². The van der Waals surface area contributed by atoms with E-state index in [2.05, 4.69) is 15.5 Å². The smallest absolute Gasteiger partial charge is 0.295 e. The Balaban J connectivity index is 2.57. The Morgan fingerprint density at radius 3 is 2.47 bits per heavy atom. The normalized spacial score (nSPS) is 12.4. The topological polar surface area (TPSA) is 54.4 Å². The van der Waals surface area contributed by atoms with Crippen LogP contribution >= 0.6 is 0 Å². The molecule has 5 nitrogen and oxygen atoms in total. The maximum absolute atomic E-state index is 11.5. The molecule has 92 valence electrons. The molecule has 0 aliphatic carbocycles. The highest BCUT2D eigenvalue weighted by atomic mass is 16.2. The quantitative estimate of drug-likeness (QED) is 0.473. The second kappa shape index (κ2) is 5.54. The van der Waals surface area contributed by atoms with E-state index in [4.69, 9.17) is 0 Å². The van der Waals surface area contributed by atoms with Crippen molar-refractivity contribution >= 4 is 11.6 Å². The maximum atomic E-state index is 11.5. The molecular formula is C12H19N4O+. The SMILES string of the molecule is CC(=NNC(=O)C[N+](C)(C)C)c1ccncc1. The molecule has 1 rings (SSSR count). The number of amides is 1. The molecule has 17 heavy (non-hydrogen) atoms. The van der Waals surface area contributed by atoms with Crippen molar-refractivity contribution in [2.45, 2.75) is 6.92 Å². The second-order valence-corrected chi connectivity index (χ2v) is 4.92. The molecule has 5 heteroatoms. The lowest BCUT2D eigenvalue weighted by Gasteiger charge is -2.22. The van der Waals surface area contributed by atoms with Gasteiger partial charge >= 0.3 is 0 Å². The fourth-order valence-corrected chi connectivity index (χ4v) is 1.27. The van der Waals surface area contributed by atoms with E-state index in [0.29, 0.717) is 11.0 Å². The molecule has 0 saturated carbocycles. The molecule has 0 spiro atoms. The number of carbonyl (C=O) groups is 1. The van der Waals surface area contributed by atoms with E-state index < -0.39 is 0 Å². The Morgan fingerprint density at radius 2 is 1.94 bits per heavy atom. The third-order valence-electron chi connectivity index (χ3n) is 2.06. The summed E-state index contributed by atoms with van der Waals surface area (Å²) in [5.41, 5.74) is 4.27. The van der Waals surface area contributed by atoms with Crippen LogP contribution in [0.5, 0.6) is 0 Å². The third kappa shape index (κ3) is 5.21. The number of rotatable bonds is 4. The van der Waals surface area contributed by atoms with Crippen molar-refractivity contribution in [2.24, 2.45) is 5.10 Å². The summed E-state index contributed by atoms with van der Waals surface area (Å²) in [5.74, 6) is -0.0918.